The molecule has 0 fully saturated rings. The van der Waals surface area contributed by atoms with Gasteiger partial charge in [0.1, 0.15) is 11.6 Å². The average molecular weight is 376 g/mol. The molecule has 0 heterocycles. The summed E-state index contributed by atoms with van der Waals surface area (Å²) in [5, 5.41) is 17.6. The summed E-state index contributed by atoms with van der Waals surface area (Å²) >= 11 is 0. The lowest BCUT2D eigenvalue weighted by Gasteiger charge is -2.07. The van der Waals surface area contributed by atoms with Crippen LogP contribution in [-0.2, 0) is 16.0 Å². The zero-order valence-electron chi connectivity index (χ0n) is 16.1. The van der Waals surface area contributed by atoms with Crippen molar-refractivity contribution < 1.29 is 9.59 Å². The van der Waals surface area contributed by atoms with E-state index in [4.69, 9.17) is 0 Å². The van der Waals surface area contributed by atoms with Crippen molar-refractivity contribution in [2.75, 3.05) is 16.0 Å². The number of hydrogen-bond acceptors (Lipinski definition) is 4. The number of rotatable bonds is 8. The molecule has 2 aromatic rings. The highest BCUT2D eigenvalue weighted by Gasteiger charge is 2.09. The van der Waals surface area contributed by atoms with E-state index in [0.29, 0.717) is 11.4 Å². The summed E-state index contributed by atoms with van der Waals surface area (Å²) in [7, 11) is 0. The van der Waals surface area contributed by atoms with E-state index in [2.05, 4.69) is 22.9 Å². The fourth-order valence-corrected chi connectivity index (χ4v) is 2.49. The molecule has 2 amide bonds. The molecule has 0 radical (unpaired) electrons. The fraction of sp³-hybridized carbons (Fsp3) is 0.227. The van der Waals surface area contributed by atoms with Crippen LogP contribution in [0.4, 0.5) is 17.1 Å². The van der Waals surface area contributed by atoms with Gasteiger partial charge < -0.3 is 16.0 Å². The Morgan fingerprint density at radius 1 is 0.964 bits per heavy atom. The maximum atomic E-state index is 12.3. The van der Waals surface area contributed by atoms with Crippen molar-refractivity contribution >= 4 is 28.9 Å². The zero-order valence-corrected chi connectivity index (χ0v) is 16.1. The van der Waals surface area contributed by atoms with Crippen LogP contribution in [0.3, 0.4) is 0 Å². The molecule has 3 N–H and O–H groups in total. The van der Waals surface area contributed by atoms with Crippen LogP contribution < -0.4 is 16.0 Å². The van der Waals surface area contributed by atoms with Crippen LogP contribution >= 0.6 is 0 Å². The lowest BCUT2D eigenvalue weighted by atomic mass is 10.1. The molecule has 0 saturated carbocycles. The van der Waals surface area contributed by atoms with Crippen molar-refractivity contribution in [2.45, 2.75) is 33.1 Å². The summed E-state index contributed by atoms with van der Waals surface area (Å²) in [6, 6.07) is 16.5. The monoisotopic (exact) mass is 376 g/mol. The molecule has 0 spiro atoms. The molecule has 0 aliphatic heterocycles. The van der Waals surface area contributed by atoms with Crippen molar-refractivity contribution in [1.29, 1.82) is 5.26 Å². The number of benzene rings is 2. The largest absolute Gasteiger partial charge is 0.360 e. The van der Waals surface area contributed by atoms with E-state index in [1.165, 1.54) is 18.7 Å². The van der Waals surface area contributed by atoms with Crippen LogP contribution in [0.5, 0.6) is 0 Å². The number of aryl methyl sites for hydroxylation is 1. The number of anilines is 3. The summed E-state index contributed by atoms with van der Waals surface area (Å²) in [5.74, 6) is -0.683. The Bertz CT molecular complexity index is 878. The molecule has 6 heteroatoms. The van der Waals surface area contributed by atoms with Crippen LogP contribution in [0.15, 0.2) is 60.3 Å². The summed E-state index contributed by atoms with van der Waals surface area (Å²) < 4.78 is 0. The van der Waals surface area contributed by atoms with Crippen LogP contribution in [0, 0.1) is 11.3 Å². The zero-order chi connectivity index (χ0) is 20.4. The molecule has 0 atom stereocenters. The number of nitriles is 1. The first-order valence-corrected chi connectivity index (χ1v) is 9.16. The Hall–Kier alpha value is -3.59. The number of unbranched alkanes of at least 4 members (excludes halogenated alkanes) is 1. The van der Waals surface area contributed by atoms with E-state index in [1.54, 1.807) is 24.3 Å². The highest BCUT2D eigenvalue weighted by molar-refractivity contribution is 6.06. The molecule has 0 bridgehead atoms. The van der Waals surface area contributed by atoms with E-state index in [0.717, 1.165) is 24.9 Å². The van der Waals surface area contributed by atoms with E-state index < -0.39 is 5.91 Å². The highest BCUT2D eigenvalue weighted by Crippen LogP contribution is 2.15. The molecule has 144 valence electrons. The van der Waals surface area contributed by atoms with Gasteiger partial charge >= 0.3 is 0 Å². The van der Waals surface area contributed by atoms with Crippen molar-refractivity contribution in [3.63, 3.8) is 0 Å². The standard InChI is InChI=1S/C22H24N4O2/c1-3-4-5-17-6-8-19(9-7-17)24-15-18(14-23)22(28)26-21-12-10-20(11-13-21)25-16(2)27/h6-13,15,24H,3-5H2,1-2H3,(H,25,27)(H,26,28)/b18-15-. The average Bonchev–Trinajstić information content (AvgIpc) is 2.69. The summed E-state index contributed by atoms with van der Waals surface area (Å²) in [5.41, 5.74) is 3.19. The van der Waals surface area contributed by atoms with Crippen LogP contribution in [0.25, 0.3) is 0 Å². The molecule has 0 aliphatic carbocycles. The lowest BCUT2D eigenvalue weighted by molar-refractivity contribution is -0.114. The predicted octanol–water partition coefficient (Wildman–Crippen LogP) is 4.45. The maximum absolute atomic E-state index is 12.3. The Kier molecular flexibility index (Phi) is 7.79. The van der Waals surface area contributed by atoms with Gasteiger partial charge in [-0.1, -0.05) is 25.5 Å². The minimum Gasteiger partial charge on any atom is -0.360 e. The van der Waals surface area contributed by atoms with Crippen molar-refractivity contribution in [3.8, 4) is 6.07 Å². The molecule has 0 aliphatic rings. The maximum Gasteiger partial charge on any atom is 0.267 e. The van der Waals surface area contributed by atoms with Crippen LogP contribution in [0.2, 0.25) is 0 Å². The third-order valence-corrected chi connectivity index (χ3v) is 3.98. The predicted molar refractivity (Wildman–Crippen MR) is 112 cm³/mol. The Morgan fingerprint density at radius 3 is 2.07 bits per heavy atom. The first-order valence-electron chi connectivity index (χ1n) is 9.16. The van der Waals surface area contributed by atoms with Gasteiger partial charge in [-0.3, -0.25) is 9.59 Å². The van der Waals surface area contributed by atoms with E-state index in [-0.39, 0.29) is 11.5 Å². The summed E-state index contributed by atoms with van der Waals surface area (Å²) in [4.78, 5) is 23.3. The molecule has 2 aromatic carbocycles. The van der Waals surface area contributed by atoms with Crippen LogP contribution in [0.1, 0.15) is 32.3 Å². The van der Waals surface area contributed by atoms with Gasteiger partial charge in [-0.2, -0.15) is 5.26 Å². The van der Waals surface area contributed by atoms with Gasteiger partial charge in [0.15, 0.2) is 0 Å². The molecular formula is C22H24N4O2. The quantitative estimate of drug-likeness (QED) is 0.469. The van der Waals surface area contributed by atoms with Crippen molar-refractivity contribution in [2.24, 2.45) is 0 Å². The molecule has 0 aromatic heterocycles. The Balaban J connectivity index is 1.96. The Morgan fingerprint density at radius 2 is 1.54 bits per heavy atom. The molecule has 2 rings (SSSR count). The lowest BCUT2D eigenvalue weighted by Crippen LogP contribution is -2.14. The number of amides is 2. The second kappa shape index (κ2) is 10.5. The van der Waals surface area contributed by atoms with Gasteiger partial charge in [-0.05, 0) is 54.8 Å². The smallest absolute Gasteiger partial charge is 0.267 e. The first kappa shape index (κ1) is 20.7. The van der Waals surface area contributed by atoms with Gasteiger partial charge in [-0.25, -0.2) is 0 Å². The van der Waals surface area contributed by atoms with E-state index in [1.807, 2.05) is 30.3 Å². The molecule has 0 unspecified atom stereocenters. The third-order valence-electron chi connectivity index (χ3n) is 3.98. The molecule has 0 saturated heterocycles. The fourth-order valence-electron chi connectivity index (χ4n) is 2.49. The number of carbonyl (C=O) groups excluding carboxylic acids is 2. The first-order chi connectivity index (χ1) is 13.5. The second-order valence-corrected chi connectivity index (χ2v) is 6.33. The summed E-state index contributed by atoms with van der Waals surface area (Å²) in [6.07, 6.45) is 4.73. The Labute approximate surface area is 165 Å². The van der Waals surface area contributed by atoms with E-state index in [9.17, 15) is 14.9 Å². The van der Waals surface area contributed by atoms with Gasteiger partial charge in [0.05, 0.1) is 0 Å². The highest BCUT2D eigenvalue weighted by atomic mass is 16.2. The van der Waals surface area contributed by atoms with Crippen molar-refractivity contribution in [3.05, 3.63) is 65.9 Å². The summed E-state index contributed by atoms with van der Waals surface area (Å²) in [6.45, 7) is 3.58. The van der Waals surface area contributed by atoms with Gasteiger partial charge in [0.25, 0.3) is 5.91 Å². The van der Waals surface area contributed by atoms with Gasteiger partial charge in [0.2, 0.25) is 5.91 Å². The van der Waals surface area contributed by atoms with Crippen LogP contribution in [-0.4, -0.2) is 11.8 Å². The topological polar surface area (TPSA) is 94.0 Å². The van der Waals surface area contributed by atoms with Crippen molar-refractivity contribution in [1.82, 2.24) is 0 Å². The second-order valence-electron chi connectivity index (χ2n) is 6.33. The SMILES string of the molecule is CCCCc1ccc(N/C=C(/C#N)C(=O)Nc2ccc(NC(C)=O)cc2)cc1. The minimum absolute atomic E-state index is 0.0407. The van der Waals surface area contributed by atoms with E-state index >= 15 is 0 Å². The minimum atomic E-state index is -0.512. The third kappa shape index (κ3) is 6.61. The number of nitrogens with zero attached hydrogens (tertiary/aromatic N) is 1. The van der Waals surface area contributed by atoms with Gasteiger partial charge in [-0.15, -0.1) is 0 Å². The number of nitrogens with one attached hydrogen (secondary N) is 3. The number of carbonyl (C=O) groups is 2. The normalized spacial score (nSPS) is 10.7. The molecular weight excluding hydrogens is 352 g/mol. The van der Waals surface area contributed by atoms with Gasteiger partial charge in [0, 0.05) is 30.2 Å². The number of hydrogen-bond donors (Lipinski definition) is 3. The molecule has 6 nitrogen and oxygen atoms in total. The molecule has 28 heavy (non-hydrogen) atoms.